The third-order valence-electron chi connectivity index (χ3n) is 6.15. The van der Waals surface area contributed by atoms with Crippen LogP contribution in [0.3, 0.4) is 0 Å². The lowest BCUT2D eigenvalue weighted by atomic mass is 10.2. The summed E-state index contributed by atoms with van der Waals surface area (Å²) in [6, 6.07) is 21.0. The maximum atomic E-state index is 13.1. The first kappa shape index (κ1) is 21.7. The van der Waals surface area contributed by atoms with Crippen LogP contribution in [-0.2, 0) is 0 Å². The van der Waals surface area contributed by atoms with E-state index in [-0.39, 0.29) is 11.7 Å². The zero-order chi connectivity index (χ0) is 22.6. The van der Waals surface area contributed by atoms with Gasteiger partial charge in [0.2, 0.25) is 0 Å². The molecule has 5 nitrogen and oxygen atoms in total. The lowest BCUT2D eigenvalue weighted by molar-refractivity contribution is 0.0955. The molecule has 2 aromatic carbocycles. The van der Waals surface area contributed by atoms with Crippen molar-refractivity contribution in [3.05, 3.63) is 83.6 Å². The molecule has 5 rings (SSSR count). The number of rotatable bonds is 7. The maximum absolute atomic E-state index is 13.1. The number of amides is 1. The molecule has 1 fully saturated rings. The molecule has 1 N–H and O–H groups in total. The highest BCUT2D eigenvalue weighted by Crippen LogP contribution is 2.26. The van der Waals surface area contributed by atoms with Gasteiger partial charge in [0.25, 0.3) is 5.91 Å². The van der Waals surface area contributed by atoms with E-state index in [1.807, 2.05) is 42.6 Å². The number of halogens is 1. The number of hydrogen-bond acceptors (Lipinski definition) is 4. The minimum absolute atomic E-state index is 0.0103. The Bertz CT molecular complexity index is 1220. The van der Waals surface area contributed by atoms with Crippen LogP contribution >= 0.6 is 11.3 Å². The molecule has 7 heteroatoms. The Hall–Kier alpha value is -3.16. The first-order valence-corrected chi connectivity index (χ1v) is 12.2. The van der Waals surface area contributed by atoms with E-state index in [0.29, 0.717) is 6.54 Å². The molecule has 1 aliphatic heterocycles. The van der Waals surface area contributed by atoms with Crippen molar-refractivity contribution < 1.29 is 9.18 Å². The van der Waals surface area contributed by atoms with Crippen LogP contribution in [0.15, 0.2) is 72.9 Å². The smallest absolute Gasteiger partial charge is 0.261 e. The predicted molar refractivity (Wildman–Crippen MR) is 133 cm³/mol. The van der Waals surface area contributed by atoms with Crippen LogP contribution in [0.5, 0.6) is 0 Å². The van der Waals surface area contributed by atoms with Crippen LogP contribution in [0.25, 0.3) is 15.9 Å². The lowest BCUT2D eigenvalue weighted by Crippen LogP contribution is -2.47. The number of thiophene rings is 1. The van der Waals surface area contributed by atoms with Crippen LogP contribution in [0.1, 0.15) is 16.1 Å². The summed E-state index contributed by atoms with van der Waals surface area (Å²) >= 11 is 1.51. The van der Waals surface area contributed by atoms with Gasteiger partial charge in [0.05, 0.1) is 10.4 Å². The van der Waals surface area contributed by atoms with E-state index in [1.165, 1.54) is 28.9 Å². The topological polar surface area (TPSA) is 40.5 Å². The van der Waals surface area contributed by atoms with E-state index in [2.05, 4.69) is 37.9 Å². The molecule has 0 saturated carbocycles. The second kappa shape index (κ2) is 9.77. The minimum atomic E-state index is -0.198. The van der Waals surface area contributed by atoms with Crippen molar-refractivity contribution in [1.82, 2.24) is 14.8 Å². The Morgan fingerprint density at radius 2 is 1.73 bits per heavy atom. The number of piperazine rings is 1. The molecule has 33 heavy (non-hydrogen) atoms. The van der Waals surface area contributed by atoms with Crippen LogP contribution in [0.4, 0.5) is 10.1 Å². The zero-order valence-corrected chi connectivity index (χ0v) is 19.2. The fourth-order valence-electron chi connectivity index (χ4n) is 4.33. The third-order valence-corrected chi connectivity index (χ3v) is 7.24. The van der Waals surface area contributed by atoms with Crippen LogP contribution in [0, 0.1) is 5.82 Å². The van der Waals surface area contributed by atoms with Gasteiger partial charge < -0.3 is 14.8 Å². The monoisotopic (exact) mass is 462 g/mol. The summed E-state index contributed by atoms with van der Waals surface area (Å²) < 4.78 is 15.2. The fourth-order valence-corrected chi connectivity index (χ4v) is 5.25. The molecule has 1 aliphatic rings. The lowest BCUT2D eigenvalue weighted by Gasteiger charge is -2.36. The van der Waals surface area contributed by atoms with Gasteiger partial charge in [-0.1, -0.05) is 18.2 Å². The van der Waals surface area contributed by atoms with Gasteiger partial charge in [-0.25, -0.2) is 4.39 Å². The number of fused-ring (bicyclic) bond motifs is 1. The van der Waals surface area contributed by atoms with Crippen molar-refractivity contribution in [2.24, 2.45) is 0 Å². The zero-order valence-electron chi connectivity index (χ0n) is 18.4. The molecule has 0 bridgehead atoms. The van der Waals surface area contributed by atoms with Crippen LogP contribution in [-0.4, -0.2) is 54.6 Å². The normalized spacial score (nSPS) is 14.6. The largest absolute Gasteiger partial charge is 0.369 e. The van der Waals surface area contributed by atoms with E-state index in [4.69, 9.17) is 0 Å². The molecule has 0 atom stereocenters. The maximum Gasteiger partial charge on any atom is 0.261 e. The number of nitrogens with zero attached hydrogens (tertiary/aromatic N) is 3. The van der Waals surface area contributed by atoms with Crippen LogP contribution < -0.4 is 10.2 Å². The molecular weight excluding hydrogens is 435 g/mol. The second-order valence-electron chi connectivity index (χ2n) is 8.30. The van der Waals surface area contributed by atoms with Gasteiger partial charge in [-0.2, -0.15) is 0 Å². The molecule has 1 saturated heterocycles. The molecule has 4 aromatic rings. The quantitative estimate of drug-likeness (QED) is 0.402. The molecule has 0 spiro atoms. The Balaban J connectivity index is 1.06. The van der Waals surface area contributed by atoms with Gasteiger partial charge >= 0.3 is 0 Å². The van der Waals surface area contributed by atoms with Gasteiger partial charge in [-0.15, -0.1) is 11.3 Å². The van der Waals surface area contributed by atoms with Crippen molar-refractivity contribution in [2.45, 2.75) is 6.42 Å². The third kappa shape index (κ3) is 4.94. The van der Waals surface area contributed by atoms with E-state index in [9.17, 15) is 9.18 Å². The highest BCUT2D eigenvalue weighted by molar-refractivity contribution is 7.16. The number of para-hydroxylation sites is 1. The molecule has 1 amide bonds. The summed E-state index contributed by atoms with van der Waals surface area (Å²) in [5.41, 5.74) is 2.22. The van der Waals surface area contributed by atoms with Gasteiger partial charge in [-0.05, 0) is 66.9 Å². The summed E-state index contributed by atoms with van der Waals surface area (Å²) in [6.07, 6.45) is 2.97. The Morgan fingerprint density at radius 1 is 0.939 bits per heavy atom. The molecule has 2 aromatic heterocycles. The van der Waals surface area contributed by atoms with Gasteiger partial charge in [0, 0.05) is 44.6 Å². The van der Waals surface area contributed by atoms with Crippen LogP contribution in [0.2, 0.25) is 0 Å². The van der Waals surface area contributed by atoms with E-state index < -0.39 is 0 Å². The molecule has 170 valence electrons. The summed E-state index contributed by atoms with van der Waals surface area (Å²) in [5.74, 6) is -0.208. The second-order valence-corrected chi connectivity index (χ2v) is 9.36. The van der Waals surface area contributed by atoms with Gasteiger partial charge in [0.1, 0.15) is 10.8 Å². The van der Waals surface area contributed by atoms with E-state index in [1.54, 1.807) is 0 Å². The number of aromatic nitrogens is 1. The number of benzene rings is 2. The van der Waals surface area contributed by atoms with Crippen molar-refractivity contribution in [3.8, 4) is 5.00 Å². The number of hydrogen-bond donors (Lipinski definition) is 1. The van der Waals surface area contributed by atoms with Crippen molar-refractivity contribution in [3.63, 3.8) is 0 Å². The highest BCUT2D eigenvalue weighted by Gasteiger charge is 2.17. The van der Waals surface area contributed by atoms with Gasteiger partial charge in [-0.3, -0.25) is 9.69 Å². The SMILES string of the molecule is O=C(NCCCN1CCN(c2ccc(F)cc2)CC1)c1ccc(-n2ccc3ccccc32)s1. The average molecular weight is 463 g/mol. The molecule has 0 aliphatic carbocycles. The number of carbonyl (C=O) groups excluding carboxylic acids is 1. The summed E-state index contributed by atoms with van der Waals surface area (Å²) in [5, 5.41) is 5.30. The summed E-state index contributed by atoms with van der Waals surface area (Å²) in [6.45, 7) is 5.45. The minimum Gasteiger partial charge on any atom is -0.369 e. The predicted octanol–water partition coefficient (Wildman–Crippen LogP) is 4.77. The van der Waals surface area contributed by atoms with E-state index in [0.717, 1.165) is 60.2 Å². The Kier molecular flexibility index (Phi) is 6.41. The first-order valence-electron chi connectivity index (χ1n) is 11.3. The Morgan fingerprint density at radius 3 is 2.55 bits per heavy atom. The number of nitrogens with one attached hydrogen (secondary N) is 1. The average Bonchev–Trinajstić information content (AvgIpc) is 3.50. The Labute approximate surface area is 197 Å². The number of anilines is 1. The van der Waals surface area contributed by atoms with Crippen molar-refractivity contribution in [1.29, 1.82) is 0 Å². The fraction of sp³-hybridized carbons (Fsp3) is 0.269. The van der Waals surface area contributed by atoms with E-state index >= 15 is 0 Å². The number of carbonyl (C=O) groups is 1. The summed E-state index contributed by atoms with van der Waals surface area (Å²) in [4.78, 5) is 18.1. The molecule has 3 heterocycles. The molecule has 0 unspecified atom stereocenters. The first-order chi connectivity index (χ1) is 16.2. The molecule has 0 radical (unpaired) electrons. The summed E-state index contributed by atoms with van der Waals surface area (Å²) in [7, 11) is 0. The highest BCUT2D eigenvalue weighted by atomic mass is 32.1. The van der Waals surface area contributed by atoms with Crippen molar-refractivity contribution in [2.75, 3.05) is 44.2 Å². The standard InChI is InChI=1S/C26H27FN4OS/c27-21-6-8-22(9-7-21)30-18-16-29(17-19-30)14-3-13-28-26(32)24-10-11-25(33-24)31-15-12-20-4-1-2-5-23(20)31/h1-2,4-12,15H,3,13-14,16-19H2,(H,28,32). The molecular formula is C26H27FN4OS. The van der Waals surface area contributed by atoms with Crippen molar-refractivity contribution >= 4 is 33.8 Å². The van der Waals surface area contributed by atoms with Gasteiger partial charge in [0.15, 0.2) is 0 Å².